The minimum absolute atomic E-state index is 0.0778. The number of anilines is 1. The zero-order valence-electron chi connectivity index (χ0n) is 17.9. The SMILES string of the molecule is CCn1c(=O)c(C)nc2cc(C(=O)N(C)CC(=O)Nc3c(C)cccc3C)ccc21. The van der Waals surface area contributed by atoms with Crippen LogP contribution in [-0.4, -0.2) is 39.9 Å². The van der Waals surface area contributed by atoms with Crippen LogP contribution in [0.4, 0.5) is 5.69 Å². The molecule has 7 heteroatoms. The molecule has 156 valence electrons. The molecule has 0 aliphatic heterocycles. The van der Waals surface area contributed by atoms with Gasteiger partial charge in [0.05, 0.1) is 17.6 Å². The Labute approximate surface area is 175 Å². The molecule has 0 spiro atoms. The Balaban J connectivity index is 1.80. The first kappa shape index (κ1) is 21.2. The van der Waals surface area contributed by atoms with Crippen LogP contribution in [0.25, 0.3) is 11.0 Å². The van der Waals surface area contributed by atoms with E-state index in [1.165, 1.54) is 4.90 Å². The van der Waals surface area contributed by atoms with Gasteiger partial charge in [-0.3, -0.25) is 14.4 Å². The number of amides is 2. The van der Waals surface area contributed by atoms with Gasteiger partial charge in [-0.1, -0.05) is 18.2 Å². The van der Waals surface area contributed by atoms with E-state index < -0.39 is 0 Å². The van der Waals surface area contributed by atoms with Crippen molar-refractivity contribution in [2.75, 3.05) is 18.9 Å². The number of likely N-dealkylation sites (N-methyl/N-ethyl adjacent to an activating group) is 1. The lowest BCUT2D eigenvalue weighted by Crippen LogP contribution is -2.35. The van der Waals surface area contributed by atoms with E-state index in [-0.39, 0.29) is 23.9 Å². The zero-order valence-corrected chi connectivity index (χ0v) is 17.9. The lowest BCUT2D eigenvalue weighted by molar-refractivity contribution is -0.116. The summed E-state index contributed by atoms with van der Waals surface area (Å²) in [7, 11) is 1.59. The maximum absolute atomic E-state index is 12.9. The lowest BCUT2D eigenvalue weighted by Gasteiger charge is -2.18. The molecular weight excluding hydrogens is 380 g/mol. The van der Waals surface area contributed by atoms with Gasteiger partial charge in [-0.2, -0.15) is 0 Å². The highest BCUT2D eigenvalue weighted by atomic mass is 16.2. The minimum Gasteiger partial charge on any atom is -0.332 e. The summed E-state index contributed by atoms with van der Waals surface area (Å²) in [4.78, 5) is 43.3. The molecule has 1 heterocycles. The van der Waals surface area contributed by atoms with Crippen molar-refractivity contribution in [3.8, 4) is 0 Å². The summed E-state index contributed by atoms with van der Waals surface area (Å²) in [5, 5.41) is 2.89. The largest absolute Gasteiger partial charge is 0.332 e. The normalized spacial score (nSPS) is 10.8. The number of aryl methyl sites for hydroxylation is 4. The van der Waals surface area contributed by atoms with E-state index in [1.807, 2.05) is 39.0 Å². The van der Waals surface area contributed by atoms with Crippen molar-refractivity contribution in [3.63, 3.8) is 0 Å². The lowest BCUT2D eigenvalue weighted by atomic mass is 10.1. The summed E-state index contributed by atoms with van der Waals surface area (Å²) >= 11 is 0. The molecule has 3 aromatic rings. The summed E-state index contributed by atoms with van der Waals surface area (Å²) in [5.74, 6) is -0.555. The number of aromatic nitrogens is 2. The van der Waals surface area contributed by atoms with Gasteiger partial charge in [0.15, 0.2) is 0 Å². The number of benzene rings is 2. The van der Waals surface area contributed by atoms with E-state index in [9.17, 15) is 14.4 Å². The van der Waals surface area contributed by atoms with Gasteiger partial charge < -0.3 is 14.8 Å². The molecule has 2 aromatic carbocycles. The van der Waals surface area contributed by atoms with Crippen LogP contribution in [0.2, 0.25) is 0 Å². The fourth-order valence-electron chi connectivity index (χ4n) is 3.52. The van der Waals surface area contributed by atoms with Crippen LogP contribution in [0, 0.1) is 20.8 Å². The van der Waals surface area contributed by atoms with Crippen molar-refractivity contribution in [2.45, 2.75) is 34.2 Å². The molecule has 0 fully saturated rings. The third kappa shape index (κ3) is 4.10. The third-order valence-corrected chi connectivity index (χ3v) is 5.15. The van der Waals surface area contributed by atoms with E-state index in [2.05, 4.69) is 10.3 Å². The summed E-state index contributed by atoms with van der Waals surface area (Å²) in [6.45, 7) is 7.85. The van der Waals surface area contributed by atoms with Crippen LogP contribution in [0.1, 0.15) is 34.1 Å². The van der Waals surface area contributed by atoms with E-state index in [0.29, 0.717) is 28.8 Å². The minimum atomic E-state index is -0.290. The number of carbonyl (C=O) groups excluding carboxylic acids is 2. The summed E-state index contributed by atoms with van der Waals surface area (Å²) < 4.78 is 1.63. The topological polar surface area (TPSA) is 84.3 Å². The summed E-state index contributed by atoms with van der Waals surface area (Å²) in [6, 6.07) is 10.8. The van der Waals surface area contributed by atoms with Gasteiger partial charge in [-0.15, -0.1) is 0 Å². The van der Waals surface area contributed by atoms with Gasteiger partial charge >= 0.3 is 0 Å². The van der Waals surface area contributed by atoms with Gasteiger partial charge in [0.2, 0.25) is 5.91 Å². The molecule has 0 saturated heterocycles. The fourth-order valence-corrected chi connectivity index (χ4v) is 3.52. The monoisotopic (exact) mass is 406 g/mol. The molecule has 0 aliphatic rings. The highest BCUT2D eigenvalue weighted by Gasteiger charge is 2.17. The predicted molar refractivity (Wildman–Crippen MR) is 118 cm³/mol. The molecular formula is C23H26N4O3. The van der Waals surface area contributed by atoms with Crippen LogP contribution in [-0.2, 0) is 11.3 Å². The molecule has 0 atom stereocenters. The van der Waals surface area contributed by atoms with Gasteiger partial charge in [0, 0.05) is 24.8 Å². The van der Waals surface area contributed by atoms with Crippen LogP contribution in [0.15, 0.2) is 41.2 Å². The standard InChI is InChI=1S/C23H26N4O3/c1-6-27-19-11-10-17(12-18(19)24-16(4)22(27)29)23(30)26(5)13-20(28)25-21-14(2)8-7-9-15(21)3/h7-12H,6,13H2,1-5H3,(H,25,28). The molecule has 30 heavy (non-hydrogen) atoms. The molecule has 7 nitrogen and oxygen atoms in total. The van der Waals surface area contributed by atoms with Gasteiger partial charge in [-0.05, 0) is 57.0 Å². The highest BCUT2D eigenvalue weighted by Crippen LogP contribution is 2.19. The summed E-state index contributed by atoms with van der Waals surface area (Å²) in [6.07, 6.45) is 0. The zero-order chi connectivity index (χ0) is 22.0. The van der Waals surface area contributed by atoms with Crippen molar-refractivity contribution >= 4 is 28.5 Å². The first-order valence-electron chi connectivity index (χ1n) is 9.85. The van der Waals surface area contributed by atoms with Crippen LogP contribution < -0.4 is 10.9 Å². The molecule has 0 radical (unpaired) electrons. The van der Waals surface area contributed by atoms with Crippen molar-refractivity contribution in [2.24, 2.45) is 0 Å². The molecule has 0 aliphatic carbocycles. The maximum atomic E-state index is 12.9. The molecule has 0 unspecified atom stereocenters. The Morgan fingerprint density at radius 3 is 2.40 bits per heavy atom. The van der Waals surface area contributed by atoms with Crippen LogP contribution in [0.3, 0.4) is 0 Å². The van der Waals surface area contributed by atoms with E-state index in [0.717, 1.165) is 16.8 Å². The number of para-hydroxylation sites is 1. The van der Waals surface area contributed by atoms with Gasteiger partial charge in [-0.25, -0.2) is 4.98 Å². The second kappa shape index (κ2) is 8.49. The molecule has 3 rings (SSSR count). The molecule has 0 bridgehead atoms. The Bertz CT molecular complexity index is 1180. The quantitative estimate of drug-likeness (QED) is 0.706. The van der Waals surface area contributed by atoms with Gasteiger partial charge in [0.1, 0.15) is 5.69 Å². The molecule has 2 amide bonds. The van der Waals surface area contributed by atoms with Crippen LogP contribution >= 0.6 is 0 Å². The number of carbonyl (C=O) groups is 2. The number of nitrogens with zero attached hydrogens (tertiary/aromatic N) is 3. The van der Waals surface area contributed by atoms with Crippen molar-refractivity contribution in [3.05, 3.63) is 69.1 Å². The van der Waals surface area contributed by atoms with Crippen molar-refractivity contribution in [1.29, 1.82) is 0 Å². The Hall–Kier alpha value is -3.48. The number of nitrogens with one attached hydrogen (secondary N) is 1. The highest BCUT2D eigenvalue weighted by molar-refractivity contribution is 6.01. The summed E-state index contributed by atoms with van der Waals surface area (Å²) in [5.41, 5.74) is 4.63. The Kier molecular flexibility index (Phi) is 6.01. The third-order valence-electron chi connectivity index (χ3n) is 5.15. The average Bonchev–Trinajstić information content (AvgIpc) is 2.71. The number of rotatable bonds is 5. The molecule has 1 aromatic heterocycles. The number of fused-ring (bicyclic) bond motifs is 1. The Morgan fingerprint density at radius 2 is 1.77 bits per heavy atom. The van der Waals surface area contributed by atoms with Gasteiger partial charge in [0.25, 0.3) is 11.5 Å². The van der Waals surface area contributed by atoms with E-state index in [4.69, 9.17) is 0 Å². The Morgan fingerprint density at radius 1 is 1.10 bits per heavy atom. The maximum Gasteiger partial charge on any atom is 0.272 e. The first-order valence-corrected chi connectivity index (χ1v) is 9.85. The smallest absolute Gasteiger partial charge is 0.272 e. The second-order valence-corrected chi connectivity index (χ2v) is 7.43. The second-order valence-electron chi connectivity index (χ2n) is 7.43. The van der Waals surface area contributed by atoms with E-state index in [1.54, 1.807) is 36.7 Å². The predicted octanol–water partition coefficient (Wildman–Crippen LogP) is 3.05. The van der Waals surface area contributed by atoms with Crippen molar-refractivity contribution in [1.82, 2.24) is 14.5 Å². The van der Waals surface area contributed by atoms with Crippen molar-refractivity contribution < 1.29 is 9.59 Å². The average molecular weight is 406 g/mol. The molecule has 1 N–H and O–H groups in total. The molecule has 0 saturated carbocycles. The number of hydrogen-bond acceptors (Lipinski definition) is 4. The fraction of sp³-hybridized carbons (Fsp3) is 0.304. The first-order chi connectivity index (χ1) is 14.2. The van der Waals surface area contributed by atoms with E-state index >= 15 is 0 Å². The number of hydrogen-bond donors (Lipinski definition) is 1. The van der Waals surface area contributed by atoms with Crippen LogP contribution in [0.5, 0.6) is 0 Å².